The van der Waals surface area contributed by atoms with Crippen LogP contribution < -0.4 is 15.0 Å². The van der Waals surface area contributed by atoms with E-state index >= 15 is 0 Å². The van der Waals surface area contributed by atoms with Crippen LogP contribution >= 0.6 is 0 Å². The van der Waals surface area contributed by atoms with Gasteiger partial charge in [0.2, 0.25) is 5.82 Å². The maximum absolute atomic E-state index is 12.9. The molecule has 0 radical (unpaired) electrons. The van der Waals surface area contributed by atoms with Crippen LogP contribution in [-0.2, 0) is 6.18 Å². The van der Waals surface area contributed by atoms with Crippen molar-refractivity contribution >= 4 is 11.7 Å². The van der Waals surface area contributed by atoms with Gasteiger partial charge in [-0.2, -0.15) is 18.2 Å². The molecule has 0 unspecified atom stereocenters. The lowest BCUT2D eigenvalue weighted by Crippen LogP contribution is -2.47. The maximum Gasteiger partial charge on any atom is 0.416 e. The third kappa shape index (κ3) is 5.31. The Hall–Kier alpha value is -3.27. The van der Waals surface area contributed by atoms with E-state index in [9.17, 15) is 13.2 Å². The van der Waals surface area contributed by atoms with Gasteiger partial charge in [-0.05, 0) is 42.5 Å². The number of nitrogens with zero attached hydrogens (tertiary/aromatic N) is 4. The van der Waals surface area contributed by atoms with Crippen LogP contribution in [0.5, 0.6) is 5.75 Å². The summed E-state index contributed by atoms with van der Waals surface area (Å²) in [6, 6.07) is 13.2. The molecule has 2 aromatic carbocycles. The summed E-state index contributed by atoms with van der Waals surface area (Å²) >= 11 is 0. The summed E-state index contributed by atoms with van der Waals surface area (Å²) in [5.74, 6) is 1.24. The van der Waals surface area contributed by atoms with Gasteiger partial charge in [-0.15, -0.1) is 0 Å². The van der Waals surface area contributed by atoms with Gasteiger partial charge in [-0.25, -0.2) is 0 Å². The Kier molecular flexibility index (Phi) is 6.50. The first-order valence-electron chi connectivity index (χ1n) is 10.3. The second kappa shape index (κ2) is 9.47. The third-order valence-electron chi connectivity index (χ3n) is 5.39. The fourth-order valence-electron chi connectivity index (χ4n) is 3.58. The van der Waals surface area contributed by atoms with Crippen molar-refractivity contribution in [2.45, 2.75) is 6.18 Å². The smallest absolute Gasteiger partial charge is 0.416 e. The van der Waals surface area contributed by atoms with E-state index in [0.717, 1.165) is 37.0 Å². The van der Waals surface area contributed by atoms with Crippen LogP contribution in [0.2, 0.25) is 0 Å². The van der Waals surface area contributed by atoms with Gasteiger partial charge in [0.15, 0.2) is 0 Å². The van der Waals surface area contributed by atoms with Crippen molar-refractivity contribution in [3.63, 3.8) is 0 Å². The van der Waals surface area contributed by atoms with E-state index in [1.54, 1.807) is 13.2 Å². The molecule has 3 aromatic rings. The predicted octanol–water partition coefficient (Wildman–Crippen LogP) is 4.00. The molecule has 0 atom stereocenters. The average molecular weight is 447 g/mol. The SMILES string of the molecule is COc1ccc(-c2noc(NCCN3CCN(c4cccc(C(F)(F)F)c4)CC3)n2)cc1. The van der Waals surface area contributed by atoms with Gasteiger partial charge in [-0.3, -0.25) is 4.90 Å². The second-order valence-corrected chi connectivity index (χ2v) is 7.46. The molecule has 1 N–H and O–H groups in total. The summed E-state index contributed by atoms with van der Waals surface area (Å²) in [4.78, 5) is 8.58. The first-order chi connectivity index (χ1) is 15.4. The quantitative estimate of drug-likeness (QED) is 0.587. The molecular formula is C22H24F3N5O2. The number of anilines is 2. The summed E-state index contributed by atoms with van der Waals surface area (Å²) in [6.07, 6.45) is -4.33. The Morgan fingerprint density at radius 1 is 1.06 bits per heavy atom. The Bertz CT molecular complexity index is 1010. The molecule has 170 valence electrons. The summed E-state index contributed by atoms with van der Waals surface area (Å²) in [5.41, 5.74) is 0.818. The molecule has 4 rings (SSSR count). The first kappa shape index (κ1) is 21.9. The molecule has 2 heterocycles. The normalized spacial score (nSPS) is 15.1. The fourth-order valence-corrected chi connectivity index (χ4v) is 3.58. The van der Waals surface area contributed by atoms with E-state index in [1.165, 1.54) is 12.1 Å². The summed E-state index contributed by atoms with van der Waals surface area (Å²) in [5, 5.41) is 7.11. The number of methoxy groups -OCH3 is 1. The van der Waals surface area contributed by atoms with Crippen molar-refractivity contribution in [3.8, 4) is 17.1 Å². The van der Waals surface area contributed by atoms with E-state index < -0.39 is 11.7 Å². The molecule has 10 heteroatoms. The molecule has 0 bridgehead atoms. The molecule has 0 saturated carbocycles. The van der Waals surface area contributed by atoms with Crippen molar-refractivity contribution in [1.82, 2.24) is 15.0 Å². The van der Waals surface area contributed by atoms with Gasteiger partial charge in [-0.1, -0.05) is 11.2 Å². The van der Waals surface area contributed by atoms with E-state index in [1.807, 2.05) is 29.2 Å². The third-order valence-corrected chi connectivity index (χ3v) is 5.39. The number of aromatic nitrogens is 2. The van der Waals surface area contributed by atoms with E-state index in [-0.39, 0.29) is 0 Å². The van der Waals surface area contributed by atoms with Crippen LogP contribution in [0.4, 0.5) is 24.9 Å². The van der Waals surface area contributed by atoms with Gasteiger partial charge >= 0.3 is 12.2 Å². The monoisotopic (exact) mass is 447 g/mol. The number of rotatable bonds is 7. The Morgan fingerprint density at radius 2 is 1.81 bits per heavy atom. The highest BCUT2D eigenvalue weighted by Crippen LogP contribution is 2.31. The molecule has 0 spiro atoms. The Balaban J connectivity index is 1.23. The van der Waals surface area contributed by atoms with Gasteiger partial charge in [0.05, 0.1) is 12.7 Å². The predicted molar refractivity (Wildman–Crippen MR) is 115 cm³/mol. The fraction of sp³-hybridized carbons (Fsp3) is 0.364. The van der Waals surface area contributed by atoms with Crippen LogP contribution in [0.3, 0.4) is 0 Å². The highest BCUT2D eigenvalue weighted by atomic mass is 19.4. The number of hydrogen-bond acceptors (Lipinski definition) is 7. The minimum Gasteiger partial charge on any atom is -0.497 e. The maximum atomic E-state index is 12.9. The second-order valence-electron chi connectivity index (χ2n) is 7.46. The van der Waals surface area contributed by atoms with Crippen LogP contribution in [0.15, 0.2) is 53.1 Å². The summed E-state index contributed by atoms with van der Waals surface area (Å²) in [6.45, 7) is 4.25. The highest BCUT2D eigenvalue weighted by Gasteiger charge is 2.31. The minimum atomic E-state index is -4.33. The molecule has 1 fully saturated rings. The van der Waals surface area contributed by atoms with Crippen molar-refractivity contribution in [2.24, 2.45) is 0 Å². The molecule has 32 heavy (non-hydrogen) atoms. The van der Waals surface area contributed by atoms with E-state index in [2.05, 4.69) is 20.4 Å². The molecule has 0 aliphatic carbocycles. The van der Waals surface area contributed by atoms with Crippen LogP contribution in [0.1, 0.15) is 5.56 Å². The number of hydrogen-bond donors (Lipinski definition) is 1. The zero-order valence-electron chi connectivity index (χ0n) is 17.6. The molecule has 7 nitrogen and oxygen atoms in total. The lowest BCUT2D eigenvalue weighted by molar-refractivity contribution is -0.137. The zero-order valence-corrected chi connectivity index (χ0v) is 17.6. The largest absolute Gasteiger partial charge is 0.497 e. The Labute approximate surface area is 183 Å². The van der Waals surface area contributed by atoms with E-state index in [4.69, 9.17) is 9.26 Å². The lowest BCUT2D eigenvalue weighted by Gasteiger charge is -2.36. The minimum absolute atomic E-state index is 0.346. The molecular weight excluding hydrogens is 423 g/mol. The lowest BCUT2D eigenvalue weighted by atomic mass is 10.1. The number of alkyl halides is 3. The standard InChI is InChI=1S/C22H24F3N5O2/c1-31-19-7-5-16(6-8-19)20-27-21(32-28-20)26-9-10-29-11-13-30(14-12-29)18-4-2-3-17(15-18)22(23,24)25/h2-8,15H,9-14H2,1H3,(H,26,27,28). The molecule has 1 aliphatic heterocycles. The van der Waals surface area contributed by atoms with Crippen molar-refractivity contribution < 1.29 is 22.4 Å². The van der Waals surface area contributed by atoms with Crippen LogP contribution in [-0.4, -0.2) is 61.4 Å². The summed E-state index contributed by atoms with van der Waals surface area (Å²) in [7, 11) is 1.61. The van der Waals surface area contributed by atoms with Gasteiger partial charge in [0.25, 0.3) is 0 Å². The Morgan fingerprint density at radius 3 is 2.50 bits per heavy atom. The topological polar surface area (TPSA) is 66.7 Å². The zero-order chi connectivity index (χ0) is 22.6. The van der Waals surface area contributed by atoms with Crippen LogP contribution in [0.25, 0.3) is 11.4 Å². The molecule has 1 saturated heterocycles. The van der Waals surface area contributed by atoms with Gasteiger partial charge in [0, 0.05) is 50.5 Å². The van der Waals surface area contributed by atoms with Crippen molar-refractivity contribution in [1.29, 1.82) is 0 Å². The first-order valence-corrected chi connectivity index (χ1v) is 10.3. The van der Waals surface area contributed by atoms with Crippen molar-refractivity contribution in [2.75, 3.05) is 56.6 Å². The van der Waals surface area contributed by atoms with Gasteiger partial charge < -0.3 is 19.5 Å². The average Bonchev–Trinajstić information content (AvgIpc) is 3.28. The summed E-state index contributed by atoms with van der Waals surface area (Å²) < 4.78 is 49.2. The number of benzene rings is 2. The number of nitrogens with one attached hydrogen (secondary N) is 1. The molecule has 1 aromatic heterocycles. The number of ether oxygens (including phenoxy) is 1. The van der Waals surface area contributed by atoms with Crippen molar-refractivity contribution in [3.05, 3.63) is 54.1 Å². The van der Waals surface area contributed by atoms with Gasteiger partial charge in [0.1, 0.15) is 5.75 Å². The highest BCUT2D eigenvalue weighted by molar-refractivity contribution is 5.56. The molecule has 0 amide bonds. The number of halogens is 3. The number of piperazine rings is 1. The van der Waals surface area contributed by atoms with E-state index in [0.29, 0.717) is 37.2 Å². The molecule has 1 aliphatic rings. The van der Waals surface area contributed by atoms with Crippen LogP contribution in [0, 0.1) is 0 Å².